The van der Waals surface area contributed by atoms with Crippen LogP contribution < -0.4 is 0 Å². The lowest BCUT2D eigenvalue weighted by molar-refractivity contribution is -0.100. The van der Waals surface area contributed by atoms with Gasteiger partial charge in [0.2, 0.25) is 0 Å². The molecule has 21 heavy (non-hydrogen) atoms. The van der Waals surface area contributed by atoms with Crippen molar-refractivity contribution in [3.05, 3.63) is 35.4 Å². The third-order valence-corrected chi connectivity index (χ3v) is 3.94. The molecule has 1 aromatic carbocycles. The van der Waals surface area contributed by atoms with Crippen LogP contribution in [0.5, 0.6) is 0 Å². The average Bonchev–Trinajstić information content (AvgIpc) is 3.03. The Bertz CT molecular complexity index is 532. The van der Waals surface area contributed by atoms with Crippen molar-refractivity contribution in [1.29, 1.82) is 0 Å². The van der Waals surface area contributed by atoms with E-state index >= 15 is 0 Å². The molecule has 0 spiro atoms. The molecule has 0 aromatic heterocycles. The molecule has 114 valence electrons. The van der Waals surface area contributed by atoms with Gasteiger partial charge in [0, 0.05) is 12.1 Å². The van der Waals surface area contributed by atoms with Crippen molar-refractivity contribution in [1.82, 2.24) is 4.90 Å². The van der Waals surface area contributed by atoms with Gasteiger partial charge in [-0.3, -0.25) is 4.79 Å². The highest BCUT2D eigenvalue weighted by molar-refractivity contribution is 5.94. The summed E-state index contributed by atoms with van der Waals surface area (Å²) < 4.78 is 37.3. The number of benzene rings is 1. The Morgan fingerprint density at radius 1 is 1.14 bits per heavy atom. The molecule has 0 aliphatic carbocycles. The lowest BCUT2D eigenvalue weighted by atomic mass is 10.00. The molecule has 2 heterocycles. The Labute approximate surface area is 121 Å². The van der Waals surface area contributed by atoms with Crippen molar-refractivity contribution < 1.29 is 23.0 Å². The van der Waals surface area contributed by atoms with Crippen LogP contribution in [0.4, 0.5) is 8.78 Å². The van der Waals surface area contributed by atoms with Gasteiger partial charge in [0.05, 0.1) is 19.3 Å². The summed E-state index contributed by atoms with van der Waals surface area (Å²) in [5.74, 6) is -2.27. The Kier molecular flexibility index (Phi) is 4.17. The maximum absolute atomic E-state index is 13.3. The molecule has 1 atom stereocenters. The van der Waals surface area contributed by atoms with Crippen molar-refractivity contribution in [2.75, 3.05) is 19.8 Å². The number of rotatable bonds is 2. The van der Waals surface area contributed by atoms with Crippen molar-refractivity contribution in [3.8, 4) is 0 Å². The third kappa shape index (κ3) is 2.91. The Morgan fingerprint density at radius 3 is 2.62 bits per heavy atom. The number of amides is 1. The molecular weight excluding hydrogens is 280 g/mol. The summed E-state index contributed by atoms with van der Waals surface area (Å²) in [5, 5.41) is 0. The molecule has 3 rings (SSSR count). The highest BCUT2D eigenvalue weighted by Gasteiger charge is 2.36. The summed E-state index contributed by atoms with van der Waals surface area (Å²) in [6.45, 7) is 1.62. The van der Waals surface area contributed by atoms with Crippen molar-refractivity contribution >= 4 is 5.91 Å². The number of ether oxygens (including phenoxy) is 2. The van der Waals surface area contributed by atoms with E-state index in [0.29, 0.717) is 19.8 Å². The summed E-state index contributed by atoms with van der Waals surface area (Å²) in [6, 6.07) is 3.06. The van der Waals surface area contributed by atoms with Crippen LogP contribution in [-0.4, -0.2) is 42.9 Å². The molecule has 0 bridgehead atoms. The van der Waals surface area contributed by atoms with Gasteiger partial charge >= 0.3 is 0 Å². The number of carbonyl (C=O) groups is 1. The van der Waals surface area contributed by atoms with Gasteiger partial charge in [-0.2, -0.15) is 0 Å². The molecule has 4 nitrogen and oxygen atoms in total. The molecule has 2 saturated heterocycles. The zero-order chi connectivity index (χ0) is 14.8. The molecule has 2 aliphatic heterocycles. The molecular formula is C15H17F2NO3. The standard InChI is InChI=1S/C15H17F2NO3/c16-11-5-4-10(9-12(11)17)14(19)18-6-2-1-3-13(18)15-20-7-8-21-15/h4-5,9,13,15H,1-3,6-8H2/t13-/m0/s1. The number of nitrogens with zero attached hydrogens (tertiary/aromatic N) is 1. The van der Waals surface area contributed by atoms with E-state index in [4.69, 9.17) is 9.47 Å². The summed E-state index contributed by atoms with van der Waals surface area (Å²) in [5.41, 5.74) is 0.152. The van der Waals surface area contributed by atoms with E-state index in [2.05, 4.69) is 0 Å². The van der Waals surface area contributed by atoms with E-state index in [0.717, 1.165) is 31.4 Å². The predicted molar refractivity (Wildman–Crippen MR) is 70.7 cm³/mol. The second-order valence-electron chi connectivity index (χ2n) is 5.30. The fraction of sp³-hybridized carbons (Fsp3) is 0.533. The number of halogens is 2. The van der Waals surface area contributed by atoms with Crippen LogP contribution in [0.25, 0.3) is 0 Å². The monoisotopic (exact) mass is 297 g/mol. The van der Waals surface area contributed by atoms with Crippen LogP contribution in [0.1, 0.15) is 29.6 Å². The lowest BCUT2D eigenvalue weighted by Gasteiger charge is -2.38. The maximum Gasteiger partial charge on any atom is 0.254 e. The summed E-state index contributed by atoms with van der Waals surface area (Å²) in [7, 11) is 0. The van der Waals surface area contributed by atoms with Gasteiger partial charge in [-0.15, -0.1) is 0 Å². The van der Waals surface area contributed by atoms with Crippen molar-refractivity contribution in [3.63, 3.8) is 0 Å². The first-order valence-corrected chi connectivity index (χ1v) is 7.16. The van der Waals surface area contributed by atoms with Gasteiger partial charge in [0.25, 0.3) is 5.91 Å². The van der Waals surface area contributed by atoms with E-state index in [1.54, 1.807) is 4.90 Å². The quantitative estimate of drug-likeness (QED) is 0.841. The molecule has 0 saturated carbocycles. The number of carbonyl (C=O) groups excluding carboxylic acids is 1. The van der Waals surface area contributed by atoms with Crippen LogP contribution in [0.15, 0.2) is 18.2 Å². The number of hydrogen-bond acceptors (Lipinski definition) is 3. The Balaban J connectivity index is 1.81. The normalized spacial score (nSPS) is 23.5. The Morgan fingerprint density at radius 2 is 1.90 bits per heavy atom. The molecule has 6 heteroatoms. The molecule has 0 N–H and O–H groups in total. The molecule has 1 amide bonds. The fourth-order valence-corrected chi connectivity index (χ4v) is 2.89. The van der Waals surface area contributed by atoms with E-state index < -0.39 is 17.9 Å². The van der Waals surface area contributed by atoms with E-state index in [1.807, 2.05) is 0 Å². The highest BCUT2D eigenvalue weighted by Crippen LogP contribution is 2.26. The first-order chi connectivity index (χ1) is 10.2. The third-order valence-electron chi connectivity index (χ3n) is 3.94. The second kappa shape index (κ2) is 6.07. The van der Waals surface area contributed by atoms with Crippen molar-refractivity contribution in [2.45, 2.75) is 31.6 Å². The van der Waals surface area contributed by atoms with Crippen LogP contribution in [0, 0.1) is 11.6 Å². The predicted octanol–water partition coefficient (Wildman–Crippen LogP) is 2.33. The first-order valence-electron chi connectivity index (χ1n) is 7.16. The summed E-state index contributed by atoms with van der Waals surface area (Å²) >= 11 is 0. The lowest BCUT2D eigenvalue weighted by Crippen LogP contribution is -2.50. The zero-order valence-corrected chi connectivity index (χ0v) is 11.6. The van der Waals surface area contributed by atoms with E-state index in [9.17, 15) is 13.6 Å². The van der Waals surface area contributed by atoms with Crippen LogP contribution in [-0.2, 0) is 9.47 Å². The number of likely N-dealkylation sites (tertiary alicyclic amines) is 1. The molecule has 0 unspecified atom stereocenters. The van der Waals surface area contributed by atoms with Gasteiger partial charge in [0.1, 0.15) is 0 Å². The minimum Gasteiger partial charge on any atom is -0.348 e. The smallest absolute Gasteiger partial charge is 0.254 e. The van der Waals surface area contributed by atoms with Gasteiger partial charge in [-0.05, 0) is 37.5 Å². The first kappa shape index (κ1) is 14.4. The zero-order valence-electron chi connectivity index (χ0n) is 11.6. The van der Waals surface area contributed by atoms with Gasteiger partial charge < -0.3 is 14.4 Å². The van der Waals surface area contributed by atoms with E-state index in [-0.39, 0.29) is 17.5 Å². The topological polar surface area (TPSA) is 38.8 Å². The molecule has 1 aromatic rings. The minimum atomic E-state index is -1.01. The number of hydrogen-bond donors (Lipinski definition) is 0. The summed E-state index contributed by atoms with van der Waals surface area (Å²) in [4.78, 5) is 14.2. The van der Waals surface area contributed by atoms with Gasteiger partial charge in [-0.1, -0.05) is 0 Å². The average molecular weight is 297 g/mol. The summed E-state index contributed by atoms with van der Waals surface area (Å²) in [6.07, 6.45) is 2.26. The highest BCUT2D eigenvalue weighted by atomic mass is 19.2. The van der Waals surface area contributed by atoms with Crippen LogP contribution >= 0.6 is 0 Å². The van der Waals surface area contributed by atoms with Crippen LogP contribution in [0.2, 0.25) is 0 Å². The second-order valence-corrected chi connectivity index (χ2v) is 5.30. The van der Waals surface area contributed by atoms with Crippen LogP contribution in [0.3, 0.4) is 0 Å². The molecule has 0 radical (unpaired) electrons. The largest absolute Gasteiger partial charge is 0.348 e. The van der Waals surface area contributed by atoms with Gasteiger partial charge in [-0.25, -0.2) is 8.78 Å². The SMILES string of the molecule is O=C(c1ccc(F)c(F)c1)N1CCCC[C@H]1C1OCCO1. The minimum absolute atomic E-state index is 0.152. The maximum atomic E-state index is 13.3. The van der Waals surface area contributed by atoms with Crippen molar-refractivity contribution in [2.24, 2.45) is 0 Å². The molecule has 2 aliphatic rings. The van der Waals surface area contributed by atoms with Gasteiger partial charge in [0.15, 0.2) is 17.9 Å². The van der Waals surface area contributed by atoms with E-state index in [1.165, 1.54) is 6.07 Å². The Hall–Kier alpha value is -1.53. The fourth-order valence-electron chi connectivity index (χ4n) is 2.89. The molecule has 2 fully saturated rings. The number of piperidine rings is 1.